The molecule has 4 nitrogen and oxygen atoms in total. The lowest BCUT2D eigenvalue weighted by Crippen LogP contribution is -2.30. The van der Waals surface area contributed by atoms with Crippen LogP contribution in [0.4, 0.5) is 0 Å². The van der Waals surface area contributed by atoms with Crippen LogP contribution in [0, 0.1) is 0 Å². The van der Waals surface area contributed by atoms with Crippen molar-refractivity contribution in [3.05, 3.63) is 102 Å². The number of carbonyl (C=O) groups excluding carboxylic acids is 1. The van der Waals surface area contributed by atoms with Gasteiger partial charge >= 0.3 is 0 Å². The van der Waals surface area contributed by atoms with Gasteiger partial charge in [-0.1, -0.05) is 66.7 Å². The highest BCUT2D eigenvalue weighted by atomic mass is 16.5. The number of benzene rings is 3. The van der Waals surface area contributed by atoms with E-state index in [1.54, 1.807) is 0 Å². The maximum absolute atomic E-state index is 12.2. The van der Waals surface area contributed by atoms with Crippen LogP contribution in [0.1, 0.15) is 16.7 Å². The van der Waals surface area contributed by atoms with Crippen LogP contribution in [-0.2, 0) is 17.6 Å². The van der Waals surface area contributed by atoms with Crippen molar-refractivity contribution in [3.63, 3.8) is 0 Å². The molecule has 0 atom stereocenters. The molecule has 0 saturated carbocycles. The van der Waals surface area contributed by atoms with Crippen molar-refractivity contribution < 1.29 is 9.53 Å². The molecule has 3 aromatic carbocycles. The Labute approximate surface area is 170 Å². The Morgan fingerprint density at radius 1 is 0.862 bits per heavy atom. The molecular formula is C25H24N2O2. The Balaban J connectivity index is 1.29. The molecular weight excluding hydrogens is 360 g/mol. The van der Waals surface area contributed by atoms with E-state index in [-0.39, 0.29) is 12.5 Å². The second-order valence-corrected chi connectivity index (χ2v) is 7.02. The molecule has 4 aromatic rings. The predicted molar refractivity (Wildman–Crippen MR) is 116 cm³/mol. The molecule has 2 N–H and O–H groups in total. The van der Waals surface area contributed by atoms with E-state index < -0.39 is 0 Å². The lowest BCUT2D eigenvalue weighted by Gasteiger charge is -2.12. The van der Waals surface area contributed by atoms with Crippen LogP contribution in [-0.4, -0.2) is 24.0 Å². The number of hydrogen-bond acceptors (Lipinski definition) is 2. The first-order valence-electron chi connectivity index (χ1n) is 9.86. The van der Waals surface area contributed by atoms with E-state index in [0.29, 0.717) is 6.54 Å². The summed E-state index contributed by atoms with van der Waals surface area (Å²) < 4.78 is 5.81. The summed E-state index contributed by atoms with van der Waals surface area (Å²) >= 11 is 0. The van der Waals surface area contributed by atoms with E-state index >= 15 is 0 Å². The minimum atomic E-state index is -0.112. The summed E-state index contributed by atoms with van der Waals surface area (Å²) in [6.07, 6.45) is 3.56. The first kappa shape index (κ1) is 18.8. The second-order valence-electron chi connectivity index (χ2n) is 7.02. The second kappa shape index (κ2) is 9.11. The maximum Gasteiger partial charge on any atom is 0.257 e. The molecule has 0 bridgehead atoms. The van der Waals surface area contributed by atoms with Gasteiger partial charge in [0.25, 0.3) is 5.91 Å². The van der Waals surface area contributed by atoms with E-state index in [2.05, 4.69) is 34.6 Å². The van der Waals surface area contributed by atoms with Crippen LogP contribution < -0.4 is 10.1 Å². The minimum Gasteiger partial charge on any atom is -0.483 e. The van der Waals surface area contributed by atoms with E-state index in [4.69, 9.17) is 4.74 Å². The van der Waals surface area contributed by atoms with Gasteiger partial charge in [-0.15, -0.1) is 0 Å². The fraction of sp³-hybridized carbons (Fsp3) is 0.160. The van der Waals surface area contributed by atoms with Crippen molar-refractivity contribution >= 4 is 16.8 Å². The summed E-state index contributed by atoms with van der Waals surface area (Å²) in [5, 5.41) is 4.15. The first-order valence-corrected chi connectivity index (χ1v) is 9.86. The number of H-pyrrole nitrogens is 1. The molecule has 146 valence electrons. The van der Waals surface area contributed by atoms with Crippen LogP contribution >= 0.6 is 0 Å². The predicted octanol–water partition coefficient (Wildman–Crippen LogP) is 4.50. The molecule has 4 heteroatoms. The average Bonchev–Trinajstić information content (AvgIpc) is 3.17. The van der Waals surface area contributed by atoms with Crippen molar-refractivity contribution in [2.45, 2.75) is 12.8 Å². The molecule has 0 aliphatic rings. The third-order valence-corrected chi connectivity index (χ3v) is 4.96. The molecule has 0 unspecified atom stereocenters. The number of nitrogens with one attached hydrogen (secondary N) is 2. The van der Waals surface area contributed by atoms with Crippen LogP contribution in [0.15, 0.2) is 85.1 Å². The van der Waals surface area contributed by atoms with Crippen LogP contribution in [0.5, 0.6) is 5.75 Å². The number of fused-ring (bicyclic) bond motifs is 1. The zero-order valence-electron chi connectivity index (χ0n) is 16.2. The molecule has 1 heterocycles. The summed E-state index contributed by atoms with van der Waals surface area (Å²) in [5.74, 6) is 0.641. The number of amides is 1. The van der Waals surface area contributed by atoms with Gasteiger partial charge in [-0.05, 0) is 35.2 Å². The van der Waals surface area contributed by atoms with Crippen molar-refractivity contribution in [3.8, 4) is 5.75 Å². The molecule has 29 heavy (non-hydrogen) atoms. The molecule has 0 aliphatic heterocycles. The van der Waals surface area contributed by atoms with E-state index in [1.165, 1.54) is 16.5 Å². The first-order chi connectivity index (χ1) is 14.3. The smallest absolute Gasteiger partial charge is 0.257 e. The minimum absolute atomic E-state index is 0.0136. The molecule has 4 rings (SSSR count). The quantitative estimate of drug-likeness (QED) is 0.470. The topological polar surface area (TPSA) is 54.1 Å². The fourth-order valence-electron chi connectivity index (χ4n) is 3.48. The number of para-hydroxylation sites is 2. The van der Waals surface area contributed by atoms with Gasteiger partial charge < -0.3 is 15.0 Å². The third kappa shape index (κ3) is 4.85. The molecule has 0 saturated heterocycles. The lowest BCUT2D eigenvalue weighted by molar-refractivity contribution is -0.123. The van der Waals surface area contributed by atoms with Crippen molar-refractivity contribution in [2.24, 2.45) is 0 Å². The maximum atomic E-state index is 12.2. The van der Waals surface area contributed by atoms with Gasteiger partial charge in [0.1, 0.15) is 5.75 Å². The lowest BCUT2D eigenvalue weighted by atomic mass is 10.0. The molecule has 0 radical (unpaired) electrons. The van der Waals surface area contributed by atoms with Crippen LogP contribution in [0.25, 0.3) is 10.9 Å². The standard InChI is InChI=1S/C25H24N2O2/c28-25(26-15-14-21-17-27-23-12-6-5-11-22(21)23)18-29-24-13-7-4-10-20(24)16-19-8-2-1-3-9-19/h1-13,17,27H,14-16,18H2,(H,26,28). The highest BCUT2D eigenvalue weighted by Crippen LogP contribution is 2.21. The Morgan fingerprint density at radius 3 is 2.52 bits per heavy atom. The van der Waals surface area contributed by atoms with E-state index in [1.807, 2.05) is 60.8 Å². The Morgan fingerprint density at radius 2 is 1.62 bits per heavy atom. The zero-order chi connectivity index (χ0) is 19.9. The zero-order valence-corrected chi connectivity index (χ0v) is 16.2. The molecule has 0 aliphatic carbocycles. The van der Waals surface area contributed by atoms with Crippen molar-refractivity contribution in [1.82, 2.24) is 10.3 Å². The number of ether oxygens (including phenoxy) is 1. The van der Waals surface area contributed by atoms with Gasteiger partial charge in [0, 0.05) is 30.1 Å². The largest absolute Gasteiger partial charge is 0.483 e. The molecule has 0 fully saturated rings. The normalized spacial score (nSPS) is 10.8. The van der Waals surface area contributed by atoms with Gasteiger partial charge in [-0.25, -0.2) is 0 Å². The highest BCUT2D eigenvalue weighted by Gasteiger charge is 2.08. The van der Waals surface area contributed by atoms with Crippen molar-refractivity contribution in [1.29, 1.82) is 0 Å². The van der Waals surface area contributed by atoms with Gasteiger partial charge in [-0.2, -0.15) is 0 Å². The fourth-order valence-corrected chi connectivity index (χ4v) is 3.48. The number of hydrogen-bond donors (Lipinski definition) is 2. The number of carbonyl (C=O) groups is 1. The summed E-state index contributed by atoms with van der Waals surface area (Å²) in [6.45, 7) is 0.593. The number of rotatable bonds is 8. The molecule has 1 aromatic heterocycles. The summed E-state index contributed by atoms with van der Waals surface area (Å²) in [5.41, 5.74) is 4.61. The van der Waals surface area contributed by atoms with Gasteiger partial charge in [-0.3, -0.25) is 4.79 Å². The van der Waals surface area contributed by atoms with E-state index in [9.17, 15) is 4.79 Å². The summed E-state index contributed by atoms with van der Waals surface area (Å²) in [4.78, 5) is 15.5. The molecule has 0 spiro atoms. The van der Waals surface area contributed by atoms with Gasteiger partial charge in [0.2, 0.25) is 0 Å². The highest BCUT2D eigenvalue weighted by molar-refractivity contribution is 5.83. The van der Waals surface area contributed by atoms with E-state index in [0.717, 1.165) is 29.7 Å². The Bertz CT molecular complexity index is 1090. The Kier molecular flexibility index (Phi) is 5.91. The van der Waals surface area contributed by atoms with Gasteiger partial charge in [0.05, 0.1) is 0 Å². The van der Waals surface area contributed by atoms with Gasteiger partial charge in [0.15, 0.2) is 6.61 Å². The van der Waals surface area contributed by atoms with Crippen LogP contribution in [0.3, 0.4) is 0 Å². The number of aromatic amines is 1. The Hall–Kier alpha value is -3.53. The number of aromatic nitrogens is 1. The third-order valence-electron chi connectivity index (χ3n) is 4.96. The van der Waals surface area contributed by atoms with Crippen LogP contribution in [0.2, 0.25) is 0 Å². The SMILES string of the molecule is O=C(COc1ccccc1Cc1ccccc1)NCCc1c[nH]c2ccccc12. The summed E-state index contributed by atoms with van der Waals surface area (Å²) in [7, 11) is 0. The summed E-state index contributed by atoms with van der Waals surface area (Å²) in [6, 6.07) is 26.3. The average molecular weight is 384 g/mol. The molecule has 1 amide bonds. The monoisotopic (exact) mass is 384 g/mol. The van der Waals surface area contributed by atoms with Crippen molar-refractivity contribution in [2.75, 3.05) is 13.2 Å².